The number of carbonyl (C=O) groups excluding carboxylic acids is 1. The van der Waals surface area contributed by atoms with Gasteiger partial charge < -0.3 is 14.8 Å². The number of anilines is 1. The Balaban J connectivity index is 1.67. The lowest BCUT2D eigenvalue weighted by Crippen LogP contribution is -2.13. The standard InChI is InChI=1S/C23H24ClN5O3/c1-23(2,3)19-18(24)21-26-20(28-29(21)27-19)16-12-14(8-11-17(16)32-5)25-22(30)13-6-9-15(31-4)10-7-13/h6-12,27H,1-5H3,(H,25,30). The average Bonchev–Trinajstić information content (AvgIpc) is 3.33. The summed E-state index contributed by atoms with van der Waals surface area (Å²) in [6.07, 6.45) is 0. The second-order valence-corrected chi connectivity index (χ2v) is 8.70. The molecule has 0 bridgehead atoms. The Morgan fingerprint density at radius 2 is 1.81 bits per heavy atom. The van der Waals surface area contributed by atoms with Crippen LogP contribution in [0.15, 0.2) is 42.5 Å². The number of nitrogens with one attached hydrogen (secondary N) is 2. The van der Waals surface area contributed by atoms with Gasteiger partial charge in [-0.3, -0.25) is 9.89 Å². The summed E-state index contributed by atoms with van der Waals surface area (Å²) in [5.74, 6) is 1.44. The molecule has 0 saturated heterocycles. The van der Waals surface area contributed by atoms with Crippen LogP contribution in [0.5, 0.6) is 11.5 Å². The number of hydrogen-bond acceptors (Lipinski definition) is 5. The van der Waals surface area contributed by atoms with E-state index in [1.54, 1.807) is 61.3 Å². The van der Waals surface area contributed by atoms with Gasteiger partial charge in [0.1, 0.15) is 16.5 Å². The van der Waals surface area contributed by atoms with Gasteiger partial charge in [0.15, 0.2) is 11.5 Å². The van der Waals surface area contributed by atoms with E-state index in [9.17, 15) is 4.79 Å². The van der Waals surface area contributed by atoms with Gasteiger partial charge in [0.25, 0.3) is 5.91 Å². The van der Waals surface area contributed by atoms with Crippen LogP contribution in [0.3, 0.4) is 0 Å². The fourth-order valence-electron chi connectivity index (χ4n) is 3.32. The number of fused-ring (bicyclic) bond motifs is 1. The number of amides is 1. The summed E-state index contributed by atoms with van der Waals surface area (Å²) < 4.78 is 12.2. The van der Waals surface area contributed by atoms with Crippen LogP contribution in [0.4, 0.5) is 5.69 Å². The zero-order valence-electron chi connectivity index (χ0n) is 18.5. The molecule has 0 saturated carbocycles. The van der Waals surface area contributed by atoms with E-state index in [-0.39, 0.29) is 11.3 Å². The number of ether oxygens (including phenoxy) is 2. The molecule has 0 aliphatic heterocycles. The highest BCUT2D eigenvalue weighted by Gasteiger charge is 2.25. The third-order valence-electron chi connectivity index (χ3n) is 5.04. The highest BCUT2D eigenvalue weighted by Crippen LogP contribution is 2.35. The number of carbonyl (C=O) groups is 1. The molecule has 32 heavy (non-hydrogen) atoms. The van der Waals surface area contributed by atoms with Gasteiger partial charge in [0.2, 0.25) is 0 Å². The van der Waals surface area contributed by atoms with Gasteiger partial charge in [-0.25, -0.2) is 4.98 Å². The van der Waals surface area contributed by atoms with E-state index in [0.29, 0.717) is 44.8 Å². The molecule has 0 atom stereocenters. The summed E-state index contributed by atoms with van der Waals surface area (Å²) in [5.41, 5.74) is 2.93. The normalized spacial score (nSPS) is 11.6. The van der Waals surface area contributed by atoms with E-state index in [0.717, 1.165) is 5.69 Å². The van der Waals surface area contributed by atoms with Gasteiger partial charge in [0, 0.05) is 16.7 Å². The minimum absolute atomic E-state index is 0.178. The Morgan fingerprint density at radius 3 is 2.41 bits per heavy atom. The molecule has 4 rings (SSSR count). The van der Waals surface area contributed by atoms with Crippen LogP contribution >= 0.6 is 11.6 Å². The van der Waals surface area contributed by atoms with E-state index < -0.39 is 0 Å². The molecule has 166 valence electrons. The molecular formula is C23H24ClN5O3. The number of H-pyrrole nitrogens is 1. The van der Waals surface area contributed by atoms with Gasteiger partial charge in [-0.2, -0.15) is 4.63 Å². The van der Waals surface area contributed by atoms with E-state index in [4.69, 9.17) is 21.1 Å². The monoisotopic (exact) mass is 453 g/mol. The summed E-state index contributed by atoms with van der Waals surface area (Å²) in [4.78, 5) is 17.3. The summed E-state index contributed by atoms with van der Waals surface area (Å²) in [6.45, 7) is 6.18. The van der Waals surface area contributed by atoms with Crippen molar-refractivity contribution in [3.63, 3.8) is 0 Å². The number of hydrogen-bond donors (Lipinski definition) is 2. The van der Waals surface area contributed by atoms with Gasteiger partial charge >= 0.3 is 0 Å². The van der Waals surface area contributed by atoms with Crippen molar-refractivity contribution in [2.24, 2.45) is 0 Å². The van der Waals surface area contributed by atoms with Crippen molar-refractivity contribution < 1.29 is 14.3 Å². The smallest absolute Gasteiger partial charge is 0.255 e. The molecule has 9 heteroatoms. The predicted molar refractivity (Wildman–Crippen MR) is 124 cm³/mol. The van der Waals surface area contributed by atoms with Crippen molar-refractivity contribution in [1.82, 2.24) is 19.8 Å². The number of rotatable bonds is 5. The molecule has 0 spiro atoms. The number of benzene rings is 2. The van der Waals surface area contributed by atoms with Crippen LogP contribution in [-0.4, -0.2) is 39.9 Å². The van der Waals surface area contributed by atoms with Crippen LogP contribution in [0.2, 0.25) is 5.02 Å². The first-order valence-corrected chi connectivity index (χ1v) is 10.4. The Hall–Kier alpha value is -3.52. The van der Waals surface area contributed by atoms with E-state index in [2.05, 4.69) is 41.3 Å². The molecule has 1 amide bonds. The summed E-state index contributed by atoms with van der Waals surface area (Å²) in [5, 5.41) is 11.2. The number of aromatic amines is 1. The first-order chi connectivity index (χ1) is 15.2. The summed E-state index contributed by atoms with van der Waals surface area (Å²) >= 11 is 6.55. The van der Waals surface area contributed by atoms with Crippen LogP contribution in [0.25, 0.3) is 17.0 Å². The summed E-state index contributed by atoms with van der Waals surface area (Å²) in [7, 11) is 3.15. The molecule has 8 nitrogen and oxygen atoms in total. The first kappa shape index (κ1) is 21.7. The lowest BCUT2D eigenvalue weighted by Gasteiger charge is -2.16. The van der Waals surface area contributed by atoms with Crippen LogP contribution < -0.4 is 14.8 Å². The molecular weight excluding hydrogens is 430 g/mol. The van der Waals surface area contributed by atoms with Crippen molar-refractivity contribution >= 4 is 28.8 Å². The lowest BCUT2D eigenvalue weighted by atomic mass is 9.92. The topological polar surface area (TPSA) is 93.5 Å². The van der Waals surface area contributed by atoms with E-state index >= 15 is 0 Å². The van der Waals surface area contributed by atoms with Crippen LogP contribution in [0, 0.1) is 0 Å². The van der Waals surface area contributed by atoms with Crippen molar-refractivity contribution in [1.29, 1.82) is 0 Å². The molecule has 0 fully saturated rings. The van der Waals surface area contributed by atoms with Crippen molar-refractivity contribution in [3.8, 4) is 22.9 Å². The first-order valence-electron chi connectivity index (χ1n) is 10.00. The molecule has 2 aromatic heterocycles. The SMILES string of the molecule is COc1ccc(C(=O)Nc2ccc(OC)c(-c3nc4c(Cl)c(C(C)(C)C)[nH]n4n3)c2)cc1. The predicted octanol–water partition coefficient (Wildman–Crippen LogP) is 4.94. The van der Waals surface area contributed by atoms with Crippen LogP contribution in [0.1, 0.15) is 36.8 Å². The fourth-order valence-corrected chi connectivity index (χ4v) is 3.76. The van der Waals surface area contributed by atoms with Gasteiger partial charge in [-0.1, -0.05) is 32.4 Å². The van der Waals surface area contributed by atoms with Crippen molar-refractivity contribution in [2.45, 2.75) is 26.2 Å². The van der Waals surface area contributed by atoms with E-state index in [1.165, 1.54) is 0 Å². The number of halogens is 1. The largest absolute Gasteiger partial charge is 0.497 e. The Bertz CT molecular complexity index is 1290. The summed E-state index contributed by atoms with van der Waals surface area (Å²) in [6, 6.07) is 12.2. The molecule has 0 unspecified atom stereocenters. The Kier molecular flexibility index (Phi) is 5.56. The maximum absolute atomic E-state index is 12.7. The highest BCUT2D eigenvalue weighted by atomic mass is 35.5. The third-order valence-corrected chi connectivity index (χ3v) is 5.40. The van der Waals surface area contributed by atoms with Crippen LogP contribution in [-0.2, 0) is 5.41 Å². The molecule has 0 radical (unpaired) electrons. The lowest BCUT2D eigenvalue weighted by molar-refractivity contribution is 0.102. The minimum Gasteiger partial charge on any atom is -0.497 e. The van der Waals surface area contributed by atoms with Gasteiger partial charge in [0.05, 0.1) is 25.5 Å². The Labute approximate surface area is 190 Å². The molecule has 4 aromatic rings. The van der Waals surface area contributed by atoms with Gasteiger partial charge in [-0.15, -0.1) is 5.10 Å². The van der Waals surface area contributed by atoms with E-state index in [1.807, 2.05) is 0 Å². The fraction of sp³-hybridized carbons (Fsp3) is 0.261. The number of nitrogens with zero attached hydrogens (tertiary/aromatic N) is 3. The maximum Gasteiger partial charge on any atom is 0.255 e. The second-order valence-electron chi connectivity index (χ2n) is 8.32. The zero-order valence-corrected chi connectivity index (χ0v) is 19.2. The van der Waals surface area contributed by atoms with Gasteiger partial charge in [-0.05, 0) is 42.5 Å². The second kappa shape index (κ2) is 8.20. The van der Waals surface area contributed by atoms with Crippen molar-refractivity contribution in [3.05, 3.63) is 58.7 Å². The zero-order chi connectivity index (χ0) is 23.0. The third kappa shape index (κ3) is 4.01. The van der Waals surface area contributed by atoms with Crippen molar-refractivity contribution in [2.75, 3.05) is 19.5 Å². The molecule has 2 aromatic carbocycles. The molecule has 0 aliphatic carbocycles. The Morgan fingerprint density at radius 1 is 1.09 bits per heavy atom. The average molecular weight is 454 g/mol. The minimum atomic E-state index is -0.244. The molecule has 0 aliphatic rings. The highest BCUT2D eigenvalue weighted by molar-refractivity contribution is 6.34. The number of aromatic nitrogens is 4. The molecule has 2 heterocycles. The quantitative estimate of drug-likeness (QED) is 0.446. The number of methoxy groups -OCH3 is 2. The molecule has 2 N–H and O–H groups in total. The maximum atomic E-state index is 12.7.